The van der Waals surface area contributed by atoms with Crippen LogP contribution in [0.25, 0.3) is 17.4 Å². The number of fused-ring (bicyclic) bond motifs is 1. The number of thiazole rings is 1. The van der Waals surface area contributed by atoms with Crippen LogP contribution in [-0.4, -0.2) is 17.1 Å². The third kappa shape index (κ3) is 5.56. The average molecular weight is 620 g/mol. The number of rotatable bonds is 8. The molecule has 3 heterocycles. The Labute approximate surface area is 245 Å². The van der Waals surface area contributed by atoms with Crippen molar-refractivity contribution >= 4 is 39.3 Å². The summed E-state index contributed by atoms with van der Waals surface area (Å²) >= 11 is 4.76. The van der Waals surface area contributed by atoms with E-state index in [1.807, 2.05) is 55.5 Å². The maximum absolute atomic E-state index is 13.9. The molecule has 0 radical (unpaired) electrons. The Balaban J connectivity index is 1.66. The first-order valence-corrected chi connectivity index (χ1v) is 15.1. The third-order valence-corrected chi connectivity index (χ3v) is 8.35. The fourth-order valence-corrected chi connectivity index (χ4v) is 6.09. The topological polar surface area (TPSA) is 73.8 Å². The zero-order valence-electron chi connectivity index (χ0n) is 22.9. The third-order valence-electron chi connectivity index (χ3n) is 6.84. The van der Waals surface area contributed by atoms with E-state index in [1.54, 1.807) is 17.6 Å². The summed E-state index contributed by atoms with van der Waals surface area (Å²) in [5, 5.41) is 0. The Morgan fingerprint density at radius 1 is 1.10 bits per heavy atom. The van der Waals surface area contributed by atoms with E-state index in [0.29, 0.717) is 44.5 Å². The van der Waals surface area contributed by atoms with Crippen molar-refractivity contribution in [1.29, 1.82) is 0 Å². The number of benzene rings is 2. The van der Waals surface area contributed by atoms with Gasteiger partial charge in [0.25, 0.3) is 5.56 Å². The molecule has 1 aliphatic rings. The summed E-state index contributed by atoms with van der Waals surface area (Å²) in [5.74, 6) is 1.21. The van der Waals surface area contributed by atoms with E-state index in [0.717, 1.165) is 22.0 Å². The minimum atomic E-state index is -0.630. The van der Waals surface area contributed by atoms with Crippen LogP contribution in [0.4, 0.5) is 0 Å². The van der Waals surface area contributed by atoms with Crippen molar-refractivity contribution in [2.45, 2.75) is 52.5 Å². The Morgan fingerprint density at radius 3 is 2.48 bits per heavy atom. The van der Waals surface area contributed by atoms with Gasteiger partial charge in [0.15, 0.2) is 4.80 Å². The van der Waals surface area contributed by atoms with Gasteiger partial charge in [0, 0.05) is 16.1 Å². The van der Waals surface area contributed by atoms with Gasteiger partial charge in [-0.3, -0.25) is 9.36 Å². The Morgan fingerprint density at radius 2 is 1.82 bits per heavy atom. The molecule has 40 heavy (non-hydrogen) atoms. The summed E-state index contributed by atoms with van der Waals surface area (Å²) in [6, 6.07) is 19.1. The molecule has 0 saturated carbocycles. The Hall–Kier alpha value is -3.49. The summed E-state index contributed by atoms with van der Waals surface area (Å²) in [6.07, 6.45) is 3.16. The molecule has 8 heteroatoms. The number of hydrogen-bond acceptors (Lipinski definition) is 6. The van der Waals surface area contributed by atoms with Crippen LogP contribution in [0.1, 0.15) is 69.4 Å². The van der Waals surface area contributed by atoms with Gasteiger partial charge in [-0.1, -0.05) is 90.9 Å². The lowest BCUT2D eigenvalue weighted by Crippen LogP contribution is -2.40. The van der Waals surface area contributed by atoms with Crippen molar-refractivity contribution in [3.63, 3.8) is 0 Å². The summed E-state index contributed by atoms with van der Waals surface area (Å²) in [4.78, 5) is 32.7. The van der Waals surface area contributed by atoms with E-state index in [2.05, 4.69) is 41.9 Å². The lowest BCUT2D eigenvalue weighted by Gasteiger charge is -2.26. The number of furan rings is 1. The van der Waals surface area contributed by atoms with Gasteiger partial charge in [-0.25, -0.2) is 9.79 Å². The average Bonchev–Trinajstić information content (AvgIpc) is 3.53. The van der Waals surface area contributed by atoms with Gasteiger partial charge >= 0.3 is 5.97 Å². The van der Waals surface area contributed by atoms with Crippen LogP contribution in [0.5, 0.6) is 0 Å². The van der Waals surface area contributed by atoms with Crippen LogP contribution in [0.3, 0.4) is 0 Å². The number of ether oxygens (including phenoxy) is 1. The smallest absolute Gasteiger partial charge is 0.338 e. The second-order valence-corrected chi connectivity index (χ2v) is 11.9. The van der Waals surface area contributed by atoms with Gasteiger partial charge < -0.3 is 9.15 Å². The van der Waals surface area contributed by atoms with Crippen molar-refractivity contribution < 1.29 is 13.9 Å². The highest BCUT2D eigenvalue weighted by molar-refractivity contribution is 9.10. The quantitative estimate of drug-likeness (QED) is 0.205. The molecule has 0 aliphatic carbocycles. The minimum Gasteiger partial charge on any atom is -0.463 e. The fourth-order valence-electron chi connectivity index (χ4n) is 4.83. The molecule has 0 bridgehead atoms. The molecule has 0 spiro atoms. The first-order valence-electron chi connectivity index (χ1n) is 13.5. The monoisotopic (exact) mass is 618 g/mol. The highest BCUT2D eigenvalue weighted by atomic mass is 79.9. The van der Waals surface area contributed by atoms with Crippen LogP contribution < -0.4 is 14.9 Å². The number of esters is 1. The largest absolute Gasteiger partial charge is 0.463 e. The SMILES string of the molecule is CCCC1=C(C(=O)OCC)[C@@H](c2ccc(C(C)C)cc2)n2c(s/c(=C\c3ccc(-c4ccc(Br)cc4)o3)c2=O)=N1. The molecule has 1 atom stereocenters. The van der Waals surface area contributed by atoms with E-state index in [-0.39, 0.29) is 12.2 Å². The molecule has 1 aliphatic heterocycles. The molecule has 2 aromatic carbocycles. The number of nitrogens with zero attached hydrogens (tertiary/aromatic N) is 2. The van der Waals surface area contributed by atoms with Crippen LogP contribution in [0.2, 0.25) is 0 Å². The number of carbonyl (C=O) groups is 1. The van der Waals surface area contributed by atoms with Gasteiger partial charge in [0.2, 0.25) is 0 Å². The van der Waals surface area contributed by atoms with Gasteiger partial charge in [-0.15, -0.1) is 0 Å². The number of carbonyl (C=O) groups excluding carboxylic acids is 1. The zero-order valence-corrected chi connectivity index (χ0v) is 25.3. The molecule has 0 amide bonds. The van der Waals surface area contributed by atoms with Crippen molar-refractivity contribution in [3.05, 3.63) is 113 Å². The minimum absolute atomic E-state index is 0.222. The summed E-state index contributed by atoms with van der Waals surface area (Å²) in [6.45, 7) is 8.35. The van der Waals surface area contributed by atoms with Crippen molar-refractivity contribution in [1.82, 2.24) is 4.57 Å². The maximum Gasteiger partial charge on any atom is 0.338 e. The van der Waals surface area contributed by atoms with Gasteiger partial charge in [-0.2, -0.15) is 0 Å². The first kappa shape index (κ1) is 28.1. The van der Waals surface area contributed by atoms with Crippen LogP contribution in [-0.2, 0) is 9.53 Å². The zero-order chi connectivity index (χ0) is 28.4. The molecule has 0 unspecified atom stereocenters. The predicted octanol–water partition coefficient (Wildman–Crippen LogP) is 6.72. The Bertz CT molecular complexity index is 1740. The first-order chi connectivity index (χ1) is 19.3. The van der Waals surface area contributed by atoms with Crippen LogP contribution >= 0.6 is 27.3 Å². The molecule has 0 N–H and O–H groups in total. The molecule has 2 aromatic heterocycles. The number of halogens is 1. The lowest BCUT2D eigenvalue weighted by atomic mass is 9.92. The highest BCUT2D eigenvalue weighted by Crippen LogP contribution is 2.33. The van der Waals surface area contributed by atoms with E-state index >= 15 is 0 Å². The number of allylic oxidation sites excluding steroid dienone is 1. The second kappa shape index (κ2) is 11.9. The standard InChI is InChI=1S/C32H31BrN2O4S/c1-5-7-25-28(31(37)38-6-2)29(22-10-8-20(9-11-22)19(3)4)35-30(36)27(40-32(35)34-25)18-24-16-17-26(39-24)21-12-14-23(33)15-13-21/h8-19,29H,5-7H2,1-4H3/b27-18-/t29-/m1/s1. The lowest BCUT2D eigenvalue weighted by molar-refractivity contribution is -0.139. The van der Waals surface area contributed by atoms with Crippen molar-refractivity contribution in [2.24, 2.45) is 4.99 Å². The van der Waals surface area contributed by atoms with E-state index in [4.69, 9.17) is 14.1 Å². The van der Waals surface area contributed by atoms with Gasteiger partial charge in [0.05, 0.1) is 28.5 Å². The second-order valence-electron chi connectivity index (χ2n) is 9.94. The fraction of sp³-hybridized carbons (Fsp3) is 0.281. The predicted molar refractivity (Wildman–Crippen MR) is 162 cm³/mol. The Kier molecular flexibility index (Phi) is 8.38. The van der Waals surface area contributed by atoms with Crippen LogP contribution in [0.15, 0.2) is 90.6 Å². The molecule has 4 aromatic rings. The normalized spacial score (nSPS) is 15.3. The van der Waals surface area contributed by atoms with Crippen molar-refractivity contribution in [3.8, 4) is 11.3 Å². The maximum atomic E-state index is 13.9. The highest BCUT2D eigenvalue weighted by Gasteiger charge is 2.34. The number of aromatic nitrogens is 1. The van der Waals surface area contributed by atoms with Crippen molar-refractivity contribution in [2.75, 3.05) is 6.61 Å². The van der Waals surface area contributed by atoms with E-state index in [9.17, 15) is 9.59 Å². The summed E-state index contributed by atoms with van der Waals surface area (Å²) < 4.78 is 14.7. The summed E-state index contributed by atoms with van der Waals surface area (Å²) in [5.41, 5.74) is 3.85. The number of hydrogen-bond donors (Lipinski definition) is 0. The van der Waals surface area contributed by atoms with Crippen LogP contribution in [0, 0.1) is 0 Å². The molecule has 206 valence electrons. The molecular weight excluding hydrogens is 588 g/mol. The molecule has 5 rings (SSSR count). The van der Waals surface area contributed by atoms with Gasteiger partial charge in [-0.05, 0) is 54.7 Å². The summed E-state index contributed by atoms with van der Waals surface area (Å²) in [7, 11) is 0. The van der Waals surface area contributed by atoms with E-state index < -0.39 is 12.0 Å². The van der Waals surface area contributed by atoms with Gasteiger partial charge in [0.1, 0.15) is 11.5 Å². The molecule has 0 saturated heterocycles. The van der Waals surface area contributed by atoms with E-state index in [1.165, 1.54) is 16.9 Å². The molecular formula is C32H31BrN2O4S. The molecule has 6 nitrogen and oxygen atoms in total. The molecule has 0 fully saturated rings.